The average Bonchev–Trinajstić information content (AvgIpc) is 2.54. The van der Waals surface area contributed by atoms with Gasteiger partial charge < -0.3 is 9.88 Å². The van der Waals surface area contributed by atoms with Crippen molar-refractivity contribution in [2.75, 3.05) is 0 Å². The molecule has 4 fully saturated rings. The Morgan fingerprint density at radius 1 is 1.14 bits per heavy atom. The molecule has 0 saturated heterocycles. The molecule has 0 aliphatic heterocycles. The van der Waals surface area contributed by atoms with Crippen molar-refractivity contribution < 1.29 is 4.79 Å². The fourth-order valence-corrected chi connectivity index (χ4v) is 8.02. The van der Waals surface area contributed by atoms with Crippen LogP contribution in [0.3, 0.4) is 0 Å². The van der Waals surface area contributed by atoms with Gasteiger partial charge in [0.25, 0.3) is 5.91 Å². The van der Waals surface area contributed by atoms with E-state index in [1.165, 1.54) is 19.3 Å². The molecular weight excluding hydrogens is 348 g/mol. The van der Waals surface area contributed by atoms with Gasteiger partial charge in [-0.3, -0.25) is 9.59 Å². The van der Waals surface area contributed by atoms with Crippen molar-refractivity contribution in [1.82, 2.24) is 9.88 Å². The molecule has 0 spiro atoms. The van der Waals surface area contributed by atoms with Gasteiger partial charge in [0, 0.05) is 30.0 Å². The minimum Gasteiger partial charge on any atom is -0.350 e. The molecule has 5 aliphatic rings. The van der Waals surface area contributed by atoms with Crippen LogP contribution in [-0.2, 0) is 7.05 Å². The summed E-state index contributed by atoms with van der Waals surface area (Å²) in [4.78, 5) is 26.6. The topological polar surface area (TPSA) is 51.1 Å². The summed E-state index contributed by atoms with van der Waals surface area (Å²) in [6.07, 6.45) is 13.8. The molecule has 5 aliphatic carbocycles. The Morgan fingerprint density at radius 2 is 1.82 bits per heavy atom. The maximum absolute atomic E-state index is 13.4. The van der Waals surface area contributed by atoms with Crippen LogP contribution in [0.5, 0.6) is 0 Å². The molecule has 1 aromatic heterocycles. The van der Waals surface area contributed by atoms with E-state index in [0.29, 0.717) is 22.3 Å². The van der Waals surface area contributed by atoms with Crippen LogP contribution < -0.4 is 10.7 Å². The second-order valence-corrected chi connectivity index (χ2v) is 11.2. The summed E-state index contributed by atoms with van der Waals surface area (Å²) in [6.45, 7) is 6.89. The van der Waals surface area contributed by atoms with Gasteiger partial charge in [0.2, 0.25) is 0 Å². The normalized spacial score (nSPS) is 40.4. The summed E-state index contributed by atoms with van der Waals surface area (Å²) >= 11 is 0. The zero-order chi connectivity index (χ0) is 19.9. The quantitative estimate of drug-likeness (QED) is 0.827. The van der Waals surface area contributed by atoms with Crippen LogP contribution in [0.25, 0.3) is 6.08 Å². The summed E-state index contributed by atoms with van der Waals surface area (Å²) in [5.74, 6) is 0.700. The lowest BCUT2D eigenvalue weighted by atomic mass is 9.43. The lowest BCUT2D eigenvalue weighted by Crippen LogP contribution is -2.65. The summed E-state index contributed by atoms with van der Waals surface area (Å²) in [6, 6.07) is 0. The third-order valence-electron chi connectivity index (χ3n) is 7.98. The number of rotatable bonds is 2. The van der Waals surface area contributed by atoms with Crippen molar-refractivity contribution in [2.45, 2.75) is 77.2 Å². The molecule has 1 aromatic rings. The summed E-state index contributed by atoms with van der Waals surface area (Å²) in [5.41, 5.74) is 2.51. The zero-order valence-electron chi connectivity index (χ0n) is 17.6. The van der Waals surface area contributed by atoms with Gasteiger partial charge in [-0.2, -0.15) is 0 Å². The molecule has 0 aromatic carbocycles. The third kappa shape index (κ3) is 2.63. The minimum atomic E-state index is -0.167. The van der Waals surface area contributed by atoms with Crippen LogP contribution in [0, 0.1) is 16.7 Å². The number of fused-ring (bicyclic) bond motifs is 1. The molecule has 3 unspecified atom stereocenters. The van der Waals surface area contributed by atoms with Crippen LogP contribution >= 0.6 is 0 Å². The standard InChI is InChI=1S/C24H32N2O2/c1-15-6-5-7-18-19(15)20(27)17(11-26(18)4)21(28)25-24-10-16-8-22(2,13-24)12-23(3,9-16)14-24/h5,7,11,15-16H,6,8-10,12-14H2,1-4H3,(H,25,28). The van der Waals surface area contributed by atoms with E-state index in [1.807, 2.05) is 17.7 Å². The van der Waals surface area contributed by atoms with Crippen LogP contribution in [0.2, 0.25) is 0 Å². The molecule has 1 heterocycles. The van der Waals surface area contributed by atoms with E-state index < -0.39 is 0 Å². The van der Waals surface area contributed by atoms with Gasteiger partial charge in [-0.25, -0.2) is 0 Å². The number of aromatic nitrogens is 1. The van der Waals surface area contributed by atoms with Crippen LogP contribution in [0.1, 0.15) is 93.3 Å². The predicted molar refractivity (Wildman–Crippen MR) is 111 cm³/mol. The second kappa shape index (κ2) is 5.61. The minimum absolute atomic E-state index is 0.0791. The van der Waals surface area contributed by atoms with E-state index in [0.717, 1.165) is 36.9 Å². The Hall–Kier alpha value is -1.84. The highest BCUT2D eigenvalue weighted by molar-refractivity contribution is 5.95. The highest BCUT2D eigenvalue weighted by atomic mass is 16.2. The van der Waals surface area contributed by atoms with Crippen molar-refractivity contribution in [3.63, 3.8) is 0 Å². The number of hydrogen-bond acceptors (Lipinski definition) is 2. The molecule has 150 valence electrons. The van der Waals surface area contributed by atoms with Crippen LogP contribution in [0.4, 0.5) is 0 Å². The average molecular weight is 381 g/mol. The van der Waals surface area contributed by atoms with E-state index in [9.17, 15) is 9.59 Å². The Balaban J connectivity index is 1.50. The first-order chi connectivity index (χ1) is 13.1. The Labute approximate surface area is 167 Å². The van der Waals surface area contributed by atoms with Gasteiger partial charge in [0.1, 0.15) is 5.56 Å². The number of aryl methyl sites for hydroxylation is 1. The van der Waals surface area contributed by atoms with Gasteiger partial charge in [-0.15, -0.1) is 0 Å². The second-order valence-electron chi connectivity index (χ2n) is 11.2. The predicted octanol–water partition coefficient (Wildman–Crippen LogP) is 4.38. The Bertz CT molecular complexity index is 938. The molecule has 28 heavy (non-hydrogen) atoms. The fraction of sp³-hybridized carbons (Fsp3) is 0.667. The number of carbonyl (C=O) groups is 1. The molecule has 4 saturated carbocycles. The summed E-state index contributed by atoms with van der Waals surface area (Å²) in [7, 11) is 1.93. The Morgan fingerprint density at radius 3 is 2.46 bits per heavy atom. The maximum atomic E-state index is 13.4. The molecule has 4 bridgehead atoms. The highest BCUT2D eigenvalue weighted by Crippen LogP contribution is 2.66. The maximum Gasteiger partial charge on any atom is 0.257 e. The number of carbonyl (C=O) groups excluding carboxylic acids is 1. The monoisotopic (exact) mass is 380 g/mol. The van der Waals surface area contributed by atoms with Gasteiger partial charge in [-0.1, -0.05) is 26.8 Å². The number of pyridine rings is 1. The number of hydrogen-bond donors (Lipinski definition) is 1. The smallest absolute Gasteiger partial charge is 0.257 e. The lowest BCUT2D eigenvalue weighted by molar-refractivity contribution is -0.114. The summed E-state index contributed by atoms with van der Waals surface area (Å²) < 4.78 is 1.94. The third-order valence-corrected chi connectivity index (χ3v) is 7.98. The van der Waals surface area contributed by atoms with Crippen molar-refractivity contribution >= 4 is 12.0 Å². The first-order valence-electron chi connectivity index (χ1n) is 10.8. The number of nitrogens with zero attached hydrogens (tertiary/aromatic N) is 1. The number of allylic oxidation sites excluding steroid dienone is 1. The van der Waals surface area contributed by atoms with E-state index >= 15 is 0 Å². The van der Waals surface area contributed by atoms with Gasteiger partial charge in [0.05, 0.1) is 0 Å². The van der Waals surface area contributed by atoms with Crippen LogP contribution in [0.15, 0.2) is 17.1 Å². The van der Waals surface area contributed by atoms with E-state index in [4.69, 9.17) is 0 Å². The SMILES string of the molecule is CC1CC=Cc2c1c(=O)c(C(=O)NC13CC4CC(C)(CC(C)(C4)C1)C3)cn2C. The first-order valence-corrected chi connectivity index (χ1v) is 10.8. The van der Waals surface area contributed by atoms with E-state index in [1.54, 1.807) is 6.20 Å². The molecule has 3 atom stereocenters. The molecule has 6 rings (SSSR count). The van der Waals surface area contributed by atoms with Gasteiger partial charge >= 0.3 is 0 Å². The number of amides is 1. The molecular formula is C24H32N2O2. The van der Waals surface area contributed by atoms with Crippen molar-refractivity contribution in [1.29, 1.82) is 0 Å². The van der Waals surface area contributed by atoms with Crippen molar-refractivity contribution in [3.8, 4) is 0 Å². The van der Waals surface area contributed by atoms with Gasteiger partial charge in [0.15, 0.2) is 5.43 Å². The van der Waals surface area contributed by atoms with E-state index in [2.05, 4.69) is 32.2 Å². The summed E-state index contributed by atoms with van der Waals surface area (Å²) in [5, 5.41) is 3.41. The van der Waals surface area contributed by atoms with Crippen molar-refractivity contribution in [2.24, 2.45) is 23.8 Å². The fourth-order valence-electron chi connectivity index (χ4n) is 8.02. The molecule has 4 nitrogen and oxygen atoms in total. The van der Waals surface area contributed by atoms with E-state index in [-0.39, 0.29) is 22.8 Å². The number of nitrogens with one attached hydrogen (secondary N) is 1. The molecule has 1 amide bonds. The zero-order valence-corrected chi connectivity index (χ0v) is 17.6. The largest absolute Gasteiger partial charge is 0.350 e. The molecule has 1 N–H and O–H groups in total. The highest BCUT2D eigenvalue weighted by Gasteiger charge is 2.60. The molecule has 4 heteroatoms. The lowest BCUT2D eigenvalue weighted by Gasteiger charge is -2.65. The van der Waals surface area contributed by atoms with Gasteiger partial charge in [-0.05, 0) is 73.7 Å². The molecule has 0 radical (unpaired) electrons. The van der Waals surface area contributed by atoms with Crippen molar-refractivity contribution in [3.05, 3.63) is 39.3 Å². The first kappa shape index (κ1) is 18.2. The van der Waals surface area contributed by atoms with Crippen LogP contribution in [-0.4, -0.2) is 16.0 Å². The Kier molecular flexibility index (Phi) is 3.65.